The zero-order valence-corrected chi connectivity index (χ0v) is 10.4. The first-order chi connectivity index (χ1) is 7.81. The molecule has 3 atom stereocenters. The fourth-order valence-electron chi connectivity index (χ4n) is 4.28. The van der Waals surface area contributed by atoms with Gasteiger partial charge in [-0.3, -0.25) is 0 Å². The third kappa shape index (κ3) is 2.28. The average Bonchev–Trinajstić information content (AvgIpc) is 2.29. The molecule has 3 rings (SSSR count). The average molecular weight is 222 g/mol. The zero-order valence-electron chi connectivity index (χ0n) is 10.4. The van der Waals surface area contributed by atoms with Gasteiger partial charge in [-0.2, -0.15) is 0 Å². The molecule has 0 aromatic heterocycles. The molecule has 0 aromatic rings. The van der Waals surface area contributed by atoms with Crippen molar-refractivity contribution in [3.63, 3.8) is 0 Å². The molecule has 0 aromatic carbocycles. The number of likely N-dealkylation sites (tertiary alicyclic amines) is 1. The van der Waals surface area contributed by atoms with E-state index in [1.165, 1.54) is 58.0 Å². The molecule has 1 heterocycles. The van der Waals surface area contributed by atoms with Gasteiger partial charge in [-0.1, -0.05) is 19.3 Å². The summed E-state index contributed by atoms with van der Waals surface area (Å²) in [5, 5.41) is 0. The van der Waals surface area contributed by atoms with Crippen LogP contribution in [-0.2, 0) is 0 Å². The number of hydrogen-bond donors (Lipinski definition) is 1. The Morgan fingerprint density at radius 2 is 1.44 bits per heavy atom. The van der Waals surface area contributed by atoms with Gasteiger partial charge in [0.25, 0.3) is 0 Å². The Bertz CT molecular complexity index is 221. The maximum absolute atomic E-state index is 5.99. The third-order valence-corrected chi connectivity index (χ3v) is 5.19. The minimum Gasteiger partial charge on any atom is -0.328 e. The molecule has 1 aliphatic heterocycles. The van der Waals surface area contributed by atoms with Crippen LogP contribution in [0, 0.1) is 11.8 Å². The standard InChI is InChI=1S/C14H26N2/c15-13-4-6-16(7-5-13)14-9-11-2-1-3-12(8-11)10-14/h11-14H,1-10,15H2/t11-,12+,14?. The highest BCUT2D eigenvalue weighted by Crippen LogP contribution is 2.41. The molecule has 2 nitrogen and oxygen atoms in total. The molecule has 1 saturated heterocycles. The topological polar surface area (TPSA) is 29.3 Å². The first-order valence-electron chi connectivity index (χ1n) is 7.31. The summed E-state index contributed by atoms with van der Waals surface area (Å²) in [6, 6.07) is 1.40. The Hall–Kier alpha value is -0.0800. The van der Waals surface area contributed by atoms with Gasteiger partial charge in [-0.15, -0.1) is 0 Å². The Labute approximate surface area is 99.6 Å². The number of hydrogen-bond acceptors (Lipinski definition) is 2. The molecular formula is C14H26N2. The van der Waals surface area contributed by atoms with Gasteiger partial charge in [0.2, 0.25) is 0 Å². The number of nitrogens with zero attached hydrogens (tertiary/aromatic N) is 1. The van der Waals surface area contributed by atoms with Crippen molar-refractivity contribution in [2.24, 2.45) is 17.6 Å². The zero-order chi connectivity index (χ0) is 11.0. The maximum Gasteiger partial charge on any atom is 0.0101 e. The lowest BCUT2D eigenvalue weighted by molar-refractivity contribution is 0.0571. The third-order valence-electron chi connectivity index (χ3n) is 5.19. The van der Waals surface area contributed by atoms with Gasteiger partial charge < -0.3 is 10.6 Å². The normalized spacial score (nSPS) is 42.2. The molecule has 2 N–H and O–H groups in total. The summed E-state index contributed by atoms with van der Waals surface area (Å²) in [5.74, 6) is 2.13. The van der Waals surface area contributed by atoms with E-state index in [-0.39, 0.29) is 0 Å². The highest BCUT2D eigenvalue weighted by atomic mass is 15.2. The second kappa shape index (κ2) is 4.66. The second-order valence-electron chi connectivity index (χ2n) is 6.40. The van der Waals surface area contributed by atoms with E-state index in [1.54, 1.807) is 6.42 Å². The van der Waals surface area contributed by atoms with Crippen LogP contribution >= 0.6 is 0 Å². The van der Waals surface area contributed by atoms with Crippen LogP contribution in [0.3, 0.4) is 0 Å². The predicted octanol–water partition coefficient (Wildman–Crippen LogP) is 2.38. The number of rotatable bonds is 1. The van der Waals surface area contributed by atoms with Crippen molar-refractivity contribution < 1.29 is 0 Å². The van der Waals surface area contributed by atoms with Gasteiger partial charge in [0, 0.05) is 12.1 Å². The van der Waals surface area contributed by atoms with Gasteiger partial charge in [0.05, 0.1) is 0 Å². The summed E-state index contributed by atoms with van der Waals surface area (Å²) >= 11 is 0. The van der Waals surface area contributed by atoms with Crippen LogP contribution in [0.1, 0.15) is 51.4 Å². The lowest BCUT2D eigenvalue weighted by Crippen LogP contribution is -2.48. The van der Waals surface area contributed by atoms with Crippen LogP contribution in [-0.4, -0.2) is 30.1 Å². The molecule has 2 bridgehead atoms. The van der Waals surface area contributed by atoms with E-state index >= 15 is 0 Å². The minimum atomic E-state index is 0.486. The lowest BCUT2D eigenvalue weighted by Gasteiger charge is -2.45. The van der Waals surface area contributed by atoms with Crippen LogP contribution < -0.4 is 5.73 Å². The van der Waals surface area contributed by atoms with Crippen molar-refractivity contribution in [2.45, 2.75) is 63.5 Å². The number of nitrogens with two attached hydrogens (primary N) is 1. The van der Waals surface area contributed by atoms with Crippen LogP contribution in [0.5, 0.6) is 0 Å². The van der Waals surface area contributed by atoms with Crippen LogP contribution in [0.15, 0.2) is 0 Å². The first kappa shape index (κ1) is 11.0. The Kier molecular flexibility index (Phi) is 3.21. The van der Waals surface area contributed by atoms with Crippen molar-refractivity contribution in [1.82, 2.24) is 4.90 Å². The monoisotopic (exact) mass is 222 g/mol. The molecule has 0 amide bonds. The first-order valence-corrected chi connectivity index (χ1v) is 7.31. The molecule has 2 heteroatoms. The summed E-state index contributed by atoms with van der Waals surface area (Å²) in [6.07, 6.45) is 11.5. The van der Waals surface area contributed by atoms with Crippen molar-refractivity contribution in [1.29, 1.82) is 0 Å². The molecule has 16 heavy (non-hydrogen) atoms. The second-order valence-corrected chi connectivity index (χ2v) is 6.40. The summed E-state index contributed by atoms with van der Waals surface area (Å²) in [4.78, 5) is 2.76. The van der Waals surface area contributed by atoms with Gasteiger partial charge in [-0.05, 0) is 57.0 Å². The quantitative estimate of drug-likeness (QED) is 0.738. The summed E-state index contributed by atoms with van der Waals surface area (Å²) in [5.41, 5.74) is 5.99. The van der Waals surface area contributed by atoms with E-state index in [0.29, 0.717) is 6.04 Å². The van der Waals surface area contributed by atoms with Crippen LogP contribution in [0.2, 0.25) is 0 Å². The van der Waals surface area contributed by atoms with Crippen molar-refractivity contribution >= 4 is 0 Å². The van der Waals surface area contributed by atoms with Gasteiger partial charge in [0.15, 0.2) is 0 Å². The number of piperidine rings is 1. The maximum atomic E-state index is 5.99. The van der Waals surface area contributed by atoms with E-state index in [0.717, 1.165) is 17.9 Å². The molecule has 1 unspecified atom stereocenters. The van der Waals surface area contributed by atoms with E-state index in [9.17, 15) is 0 Å². The molecule has 3 fully saturated rings. The lowest BCUT2D eigenvalue weighted by atomic mass is 9.70. The number of fused-ring (bicyclic) bond motifs is 2. The Morgan fingerprint density at radius 3 is 2.06 bits per heavy atom. The molecule has 2 aliphatic carbocycles. The summed E-state index contributed by atoms with van der Waals surface area (Å²) < 4.78 is 0. The van der Waals surface area contributed by atoms with Crippen molar-refractivity contribution in [3.8, 4) is 0 Å². The molecule has 3 aliphatic rings. The van der Waals surface area contributed by atoms with Gasteiger partial charge >= 0.3 is 0 Å². The van der Waals surface area contributed by atoms with E-state index in [1.807, 2.05) is 0 Å². The highest BCUT2D eigenvalue weighted by Gasteiger charge is 2.35. The SMILES string of the molecule is NC1CCN(C2C[C@H]3CCC[C@@H](C2)C3)CC1. The van der Waals surface area contributed by atoms with Crippen molar-refractivity contribution in [3.05, 3.63) is 0 Å². The fourth-order valence-corrected chi connectivity index (χ4v) is 4.28. The predicted molar refractivity (Wildman–Crippen MR) is 67.3 cm³/mol. The largest absolute Gasteiger partial charge is 0.328 e. The minimum absolute atomic E-state index is 0.486. The smallest absolute Gasteiger partial charge is 0.0101 e. The Morgan fingerprint density at radius 1 is 0.812 bits per heavy atom. The van der Waals surface area contributed by atoms with E-state index in [2.05, 4.69) is 4.90 Å². The van der Waals surface area contributed by atoms with Crippen LogP contribution in [0.25, 0.3) is 0 Å². The molecular weight excluding hydrogens is 196 g/mol. The molecule has 2 saturated carbocycles. The highest BCUT2D eigenvalue weighted by molar-refractivity contribution is 4.89. The van der Waals surface area contributed by atoms with Gasteiger partial charge in [-0.25, -0.2) is 0 Å². The molecule has 0 spiro atoms. The van der Waals surface area contributed by atoms with Crippen molar-refractivity contribution in [2.75, 3.05) is 13.1 Å². The van der Waals surface area contributed by atoms with Crippen LogP contribution in [0.4, 0.5) is 0 Å². The Balaban J connectivity index is 1.58. The molecule has 92 valence electrons. The fraction of sp³-hybridized carbons (Fsp3) is 1.00. The van der Waals surface area contributed by atoms with E-state index < -0.39 is 0 Å². The molecule has 0 radical (unpaired) electrons. The summed E-state index contributed by atoms with van der Waals surface area (Å²) in [6.45, 7) is 2.54. The van der Waals surface area contributed by atoms with Gasteiger partial charge in [0.1, 0.15) is 0 Å². The van der Waals surface area contributed by atoms with E-state index in [4.69, 9.17) is 5.73 Å². The summed E-state index contributed by atoms with van der Waals surface area (Å²) in [7, 11) is 0.